The Morgan fingerprint density at radius 1 is 0.688 bits per heavy atom. The van der Waals surface area contributed by atoms with Gasteiger partial charge in [-0.05, 0) is 0 Å². The van der Waals surface area contributed by atoms with E-state index in [-0.39, 0.29) is 88.7 Å². The number of aliphatic hydroxyl groups is 4. The number of aromatic nitrogens is 4. The number of nitrogens with one attached hydrogen (secondary N) is 2. The molecule has 2 aliphatic rings. The van der Waals surface area contributed by atoms with Gasteiger partial charge in [0.15, 0.2) is 12.5 Å². The fraction of sp³-hybridized carbons (Fsp3) is 0.556. The Bertz CT molecular complexity index is 1670. The number of hydrogen-bond donors (Lipinski definition) is 8. The fourth-order valence-electron chi connectivity index (χ4n) is 4.13. The first-order chi connectivity index (χ1) is 20.8. The van der Waals surface area contributed by atoms with Crippen molar-refractivity contribution < 1.29 is 160 Å². The molecule has 0 aromatic carbocycles. The molecule has 0 saturated carbocycles. The van der Waals surface area contributed by atoms with Crippen LogP contribution in [0.15, 0.2) is 43.7 Å². The molecule has 4 heterocycles. The van der Waals surface area contributed by atoms with E-state index in [2.05, 4.69) is 17.7 Å². The maximum absolute atomic E-state index is 12.4. The van der Waals surface area contributed by atoms with Gasteiger partial charge < -0.3 is 39.7 Å². The number of aromatic amines is 2. The summed E-state index contributed by atoms with van der Waals surface area (Å²) in [6.07, 6.45) is -11.8. The first-order valence-electron chi connectivity index (χ1n) is 12.2. The Labute approximate surface area is 334 Å². The number of H-pyrrole nitrogens is 2. The van der Waals surface area contributed by atoms with Crippen LogP contribution in [-0.4, -0.2) is 107 Å². The molecule has 4 rings (SSSR count). The standard InChI is InChI=1S/C18H24BN4O19P3.3Na/c19-43(32,41-44(33,34)37-5-7-11(26)13(28)15(39-7)22-3-1-9(24)20-17(22)30)42-45(35,36)38-6-8-12(27)14(29)16(40-8)23-4-2-10(25)21-18(23)31;;;/h1-4,7-8,11-16,26-29H,5-6H2,(H,33,34)(H,35,36)(H,20,24,30)(H,21,25,31);;;/q;3*+1. The van der Waals surface area contributed by atoms with E-state index in [0.717, 1.165) is 24.5 Å². The third kappa shape index (κ3) is 11.8. The van der Waals surface area contributed by atoms with Crippen LogP contribution in [0.4, 0.5) is 0 Å². The molecule has 10 atom stereocenters. The molecule has 2 fully saturated rings. The smallest absolute Gasteiger partial charge is 0.387 e. The van der Waals surface area contributed by atoms with E-state index in [4.69, 9.17) is 17.0 Å². The van der Waals surface area contributed by atoms with Gasteiger partial charge in [-0.25, -0.2) is 27.3 Å². The van der Waals surface area contributed by atoms with Crippen molar-refractivity contribution in [1.82, 2.24) is 19.1 Å². The van der Waals surface area contributed by atoms with Crippen LogP contribution < -0.4 is 111 Å². The van der Waals surface area contributed by atoms with Crippen LogP contribution in [0, 0.1) is 0 Å². The number of nitrogens with zero attached hydrogens (tertiary/aromatic N) is 2. The number of rotatable bonds is 12. The largest absolute Gasteiger partial charge is 1.00 e. The molecule has 2 saturated heterocycles. The number of phosphoric acid groups is 2. The molecule has 0 amide bonds. The van der Waals surface area contributed by atoms with Crippen LogP contribution in [0.5, 0.6) is 0 Å². The number of phosphoric ester groups is 2. The van der Waals surface area contributed by atoms with Gasteiger partial charge in [-0.2, -0.15) is 0 Å². The third-order valence-electron chi connectivity index (χ3n) is 6.16. The van der Waals surface area contributed by atoms with Gasteiger partial charge in [0.1, 0.15) is 36.6 Å². The average Bonchev–Trinajstić information content (AvgIpc) is 3.35. The number of hydrogen-bond acceptors (Lipinski definition) is 17. The van der Waals surface area contributed by atoms with Crippen molar-refractivity contribution in [1.29, 1.82) is 0 Å². The minimum atomic E-state index is -5.56. The Balaban J connectivity index is 0.00000384. The fourth-order valence-corrected chi connectivity index (χ4v) is 7.87. The van der Waals surface area contributed by atoms with Crippen LogP contribution in [0.2, 0.25) is 0 Å². The van der Waals surface area contributed by atoms with Crippen LogP contribution in [0.25, 0.3) is 0 Å². The summed E-state index contributed by atoms with van der Waals surface area (Å²) in [6.45, 7) is -2.15. The van der Waals surface area contributed by atoms with Gasteiger partial charge in [-0.3, -0.25) is 42.3 Å². The Morgan fingerprint density at radius 2 is 1.02 bits per heavy atom. The molecule has 2 aromatic heterocycles. The third-order valence-corrected chi connectivity index (χ3v) is 10.6. The van der Waals surface area contributed by atoms with Gasteiger partial charge in [0.05, 0.1) is 13.2 Å². The van der Waals surface area contributed by atoms with E-state index >= 15 is 0 Å². The van der Waals surface area contributed by atoms with Gasteiger partial charge in [-0.1, -0.05) is 0 Å². The zero-order chi connectivity index (χ0) is 33.5. The predicted octanol–water partition coefficient (Wildman–Crippen LogP) is -13.1. The van der Waals surface area contributed by atoms with Gasteiger partial charge >= 0.3 is 116 Å². The Morgan fingerprint density at radius 3 is 1.33 bits per heavy atom. The summed E-state index contributed by atoms with van der Waals surface area (Å²) in [4.78, 5) is 70.0. The number of aliphatic hydroxyl groups excluding tert-OH is 4. The molecule has 0 bridgehead atoms. The van der Waals surface area contributed by atoms with Crippen molar-refractivity contribution in [2.24, 2.45) is 0 Å². The zero-order valence-electron chi connectivity index (χ0n) is 25.1. The van der Waals surface area contributed by atoms with Crippen LogP contribution in [-0.2, 0) is 40.8 Å². The molecule has 2 aliphatic heterocycles. The minimum absolute atomic E-state index is 0. The van der Waals surface area contributed by atoms with Gasteiger partial charge in [-0.15, -0.1) is 0 Å². The van der Waals surface area contributed by atoms with Gasteiger partial charge in [0.25, 0.3) is 18.6 Å². The topological polar surface area (TPSA) is 338 Å². The summed E-state index contributed by atoms with van der Waals surface area (Å²) in [5.41, 5.74) is -3.59. The van der Waals surface area contributed by atoms with Crippen molar-refractivity contribution in [3.63, 3.8) is 0 Å². The van der Waals surface area contributed by atoms with Crippen LogP contribution in [0.3, 0.4) is 0 Å². The Kier molecular flexibility index (Phi) is 18.1. The van der Waals surface area contributed by atoms with Crippen molar-refractivity contribution in [3.05, 3.63) is 66.2 Å². The molecule has 0 spiro atoms. The van der Waals surface area contributed by atoms with E-state index < -0.39 is 108 Å². The maximum atomic E-state index is 12.4. The summed E-state index contributed by atoms with van der Waals surface area (Å²) >= 11 is 0. The van der Waals surface area contributed by atoms with Gasteiger partial charge in [0, 0.05) is 24.5 Å². The van der Waals surface area contributed by atoms with Crippen molar-refractivity contribution in [3.8, 4) is 0 Å². The molecule has 48 heavy (non-hydrogen) atoms. The normalized spacial score (nSPS) is 30.5. The van der Waals surface area contributed by atoms with Crippen molar-refractivity contribution in [2.45, 2.75) is 49.1 Å². The summed E-state index contributed by atoms with van der Waals surface area (Å²) in [5, 5.41) is 40.8. The molecule has 30 heteroatoms. The average molecular weight is 773 g/mol. The molecule has 8 N–H and O–H groups in total. The molecule has 248 valence electrons. The molecule has 10 unspecified atom stereocenters. The van der Waals surface area contributed by atoms with E-state index in [9.17, 15) is 63.1 Å². The SMILES string of the molecule is [B]P(=O)(OP(=O)(O)OCC1OC(n2ccc(=O)[nH]c2=O)C(O)C1O)OP(=O)(O)OCC1OC(n2ccc(=O)[nH]c2=O)C(O)C1O.[Na+].[Na+].[Na+]. The maximum Gasteiger partial charge on any atom is 1.00 e. The summed E-state index contributed by atoms with van der Waals surface area (Å²) in [6, 6.07) is 1.82. The molecular weight excluding hydrogens is 749 g/mol. The number of ether oxygens (including phenoxy) is 2. The van der Waals surface area contributed by atoms with E-state index in [1.807, 2.05) is 9.97 Å². The van der Waals surface area contributed by atoms with Crippen molar-refractivity contribution >= 4 is 30.7 Å². The monoisotopic (exact) mass is 773 g/mol. The van der Waals surface area contributed by atoms with E-state index in [1.54, 1.807) is 0 Å². The van der Waals surface area contributed by atoms with Crippen LogP contribution >= 0.6 is 23.1 Å². The quantitative estimate of drug-likeness (QED) is 0.0733. The first kappa shape index (κ1) is 46.7. The van der Waals surface area contributed by atoms with Crippen molar-refractivity contribution in [2.75, 3.05) is 13.2 Å². The molecule has 23 nitrogen and oxygen atoms in total. The summed E-state index contributed by atoms with van der Waals surface area (Å²) in [5.74, 6) is 0. The van der Waals surface area contributed by atoms with E-state index in [0.29, 0.717) is 9.13 Å². The Hall–Kier alpha value is 0.635. The second kappa shape index (κ2) is 18.6. The molecule has 2 aromatic rings. The van der Waals surface area contributed by atoms with E-state index in [1.165, 1.54) is 0 Å². The first-order valence-corrected chi connectivity index (χ1v) is 16.8. The second-order valence-electron chi connectivity index (χ2n) is 9.36. The molecular formula is C18H24BN4Na3O19P3+3. The summed E-state index contributed by atoms with van der Waals surface area (Å²) < 4.78 is 66.3. The molecule has 2 radical (unpaired) electrons. The minimum Gasteiger partial charge on any atom is -0.387 e. The zero-order valence-corrected chi connectivity index (χ0v) is 33.8. The van der Waals surface area contributed by atoms with Crippen LogP contribution in [0.1, 0.15) is 12.5 Å². The second-order valence-corrected chi connectivity index (χ2v) is 14.1. The van der Waals surface area contributed by atoms with Gasteiger partial charge in [0.2, 0.25) is 7.57 Å². The predicted molar refractivity (Wildman–Crippen MR) is 142 cm³/mol. The summed E-state index contributed by atoms with van der Waals surface area (Å²) in [7, 11) is -11.5. The molecule has 0 aliphatic carbocycles.